The first-order chi connectivity index (χ1) is 9.15. The highest BCUT2D eigenvalue weighted by molar-refractivity contribution is 5.18. The van der Waals surface area contributed by atoms with Crippen LogP contribution in [0.4, 0.5) is 4.39 Å². The third-order valence-electron chi connectivity index (χ3n) is 3.79. The van der Waals surface area contributed by atoms with Gasteiger partial charge in [0, 0.05) is 19.6 Å². The topological polar surface area (TPSA) is 26.7 Å². The first kappa shape index (κ1) is 14.4. The lowest BCUT2D eigenvalue weighted by Crippen LogP contribution is -2.30. The highest BCUT2D eigenvalue weighted by atomic mass is 19.1. The van der Waals surface area contributed by atoms with Crippen molar-refractivity contribution in [3.05, 3.63) is 35.6 Å². The molecule has 0 amide bonds. The number of benzene rings is 1. The summed E-state index contributed by atoms with van der Waals surface area (Å²) in [5.41, 5.74) is 0.799. The number of aliphatic hydroxyl groups excluding tert-OH is 1. The summed E-state index contributed by atoms with van der Waals surface area (Å²) in [6.45, 7) is 5.29. The van der Waals surface area contributed by atoms with E-state index >= 15 is 0 Å². The van der Waals surface area contributed by atoms with E-state index in [0.29, 0.717) is 6.42 Å². The van der Waals surface area contributed by atoms with Crippen molar-refractivity contribution >= 4 is 0 Å². The van der Waals surface area contributed by atoms with E-state index < -0.39 is 6.10 Å². The summed E-state index contributed by atoms with van der Waals surface area (Å²) in [6.07, 6.45) is 1.39. The van der Waals surface area contributed by atoms with Crippen LogP contribution in [-0.4, -0.2) is 54.7 Å². The lowest BCUT2D eigenvalue weighted by atomic mass is 10.1. The molecule has 1 N–H and O–H groups in total. The average molecular weight is 266 g/mol. The molecule has 1 aromatic rings. The molecule has 1 heterocycles. The Morgan fingerprint density at radius 3 is 2.63 bits per heavy atom. The van der Waals surface area contributed by atoms with Crippen molar-refractivity contribution in [2.75, 3.05) is 39.8 Å². The van der Waals surface area contributed by atoms with Crippen molar-refractivity contribution in [3.8, 4) is 0 Å². The Bertz CT molecular complexity index is 382. The smallest absolute Gasteiger partial charge is 0.123 e. The predicted molar refractivity (Wildman–Crippen MR) is 74.5 cm³/mol. The Labute approximate surface area is 114 Å². The first-order valence-corrected chi connectivity index (χ1v) is 6.99. The molecule has 1 unspecified atom stereocenters. The zero-order valence-corrected chi connectivity index (χ0v) is 11.6. The molecule has 0 radical (unpaired) electrons. The van der Waals surface area contributed by atoms with Crippen LogP contribution in [0.25, 0.3) is 0 Å². The molecular formula is C15H23FN2O. The molecule has 19 heavy (non-hydrogen) atoms. The molecule has 1 aliphatic rings. The molecule has 1 aromatic carbocycles. The number of nitrogens with zero attached hydrogens (tertiary/aromatic N) is 2. The fourth-order valence-corrected chi connectivity index (χ4v) is 2.48. The molecular weight excluding hydrogens is 243 g/mol. The summed E-state index contributed by atoms with van der Waals surface area (Å²) in [4.78, 5) is 4.74. The van der Waals surface area contributed by atoms with Gasteiger partial charge >= 0.3 is 0 Å². The van der Waals surface area contributed by atoms with Gasteiger partial charge in [-0.05, 0) is 50.7 Å². The summed E-state index contributed by atoms with van der Waals surface area (Å²) in [5.74, 6) is -0.258. The van der Waals surface area contributed by atoms with E-state index in [1.165, 1.54) is 18.6 Å². The number of hydrogen-bond acceptors (Lipinski definition) is 3. The Morgan fingerprint density at radius 1 is 1.16 bits per heavy atom. The van der Waals surface area contributed by atoms with E-state index in [4.69, 9.17) is 0 Å². The molecule has 1 atom stereocenters. The molecule has 0 bridgehead atoms. The van der Waals surface area contributed by atoms with Crippen LogP contribution in [-0.2, 0) is 0 Å². The van der Waals surface area contributed by atoms with E-state index in [9.17, 15) is 9.50 Å². The average Bonchev–Trinajstić information content (AvgIpc) is 2.61. The van der Waals surface area contributed by atoms with Crippen LogP contribution in [0.15, 0.2) is 24.3 Å². The zero-order chi connectivity index (χ0) is 13.7. The largest absolute Gasteiger partial charge is 0.388 e. The third kappa shape index (κ3) is 4.56. The van der Waals surface area contributed by atoms with Crippen molar-refractivity contribution in [1.82, 2.24) is 9.80 Å². The molecule has 106 valence electrons. The zero-order valence-electron chi connectivity index (χ0n) is 11.6. The normalized spacial score (nSPS) is 20.2. The van der Waals surface area contributed by atoms with Gasteiger partial charge in [0.2, 0.25) is 0 Å². The molecule has 0 aromatic heterocycles. The molecule has 1 fully saturated rings. The first-order valence-electron chi connectivity index (χ1n) is 6.99. The number of likely N-dealkylation sites (N-methyl/N-ethyl adjacent to an activating group) is 1. The van der Waals surface area contributed by atoms with E-state index in [1.807, 2.05) is 0 Å². The summed E-state index contributed by atoms with van der Waals surface area (Å²) < 4.78 is 12.8. The maximum absolute atomic E-state index is 12.8. The van der Waals surface area contributed by atoms with Crippen molar-refractivity contribution in [3.63, 3.8) is 0 Å². The molecule has 0 aliphatic carbocycles. The van der Waals surface area contributed by atoms with Crippen molar-refractivity contribution in [2.45, 2.75) is 18.9 Å². The van der Waals surface area contributed by atoms with E-state index in [1.54, 1.807) is 12.1 Å². The van der Waals surface area contributed by atoms with Gasteiger partial charge in [-0.3, -0.25) is 0 Å². The van der Waals surface area contributed by atoms with Crippen LogP contribution < -0.4 is 0 Å². The van der Waals surface area contributed by atoms with Gasteiger partial charge < -0.3 is 14.9 Å². The van der Waals surface area contributed by atoms with Gasteiger partial charge in [0.05, 0.1) is 6.10 Å². The molecule has 3 nitrogen and oxygen atoms in total. The summed E-state index contributed by atoms with van der Waals surface area (Å²) >= 11 is 0. The number of aliphatic hydroxyl groups is 1. The van der Waals surface area contributed by atoms with Crippen molar-refractivity contribution in [2.24, 2.45) is 0 Å². The fourth-order valence-electron chi connectivity index (χ4n) is 2.48. The lowest BCUT2D eigenvalue weighted by Gasteiger charge is -2.21. The second-order valence-electron chi connectivity index (χ2n) is 5.35. The van der Waals surface area contributed by atoms with Crippen LogP contribution in [0.3, 0.4) is 0 Å². The highest BCUT2D eigenvalue weighted by Crippen LogP contribution is 2.17. The highest BCUT2D eigenvalue weighted by Gasteiger charge is 2.14. The SMILES string of the molecule is CN1CCCN(CCC(O)c2ccc(F)cc2)CC1. The second kappa shape index (κ2) is 6.98. The Hall–Kier alpha value is -0.970. The van der Waals surface area contributed by atoms with Gasteiger partial charge in [0.15, 0.2) is 0 Å². The summed E-state index contributed by atoms with van der Waals surface area (Å²) in [6, 6.07) is 6.13. The standard InChI is InChI=1S/C15H23FN2O/c1-17-8-2-9-18(12-11-17)10-7-15(19)13-3-5-14(16)6-4-13/h3-6,15,19H,2,7-12H2,1H3. The van der Waals surface area contributed by atoms with Crippen LogP contribution in [0.1, 0.15) is 24.5 Å². The third-order valence-corrected chi connectivity index (χ3v) is 3.79. The van der Waals surface area contributed by atoms with E-state index in [0.717, 1.165) is 38.3 Å². The van der Waals surface area contributed by atoms with Gasteiger partial charge in [-0.2, -0.15) is 0 Å². The lowest BCUT2D eigenvalue weighted by molar-refractivity contribution is 0.143. The van der Waals surface area contributed by atoms with Gasteiger partial charge in [-0.1, -0.05) is 12.1 Å². The summed E-state index contributed by atoms with van der Waals surface area (Å²) in [5, 5.41) is 10.1. The molecule has 1 saturated heterocycles. The Morgan fingerprint density at radius 2 is 1.89 bits per heavy atom. The molecule has 0 saturated carbocycles. The second-order valence-corrected chi connectivity index (χ2v) is 5.35. The number of halogens is 1. The van der Waals surface area contributed by atoms with Crippen LogP contribution >= 0.6 is 0 Å². The van der Waals surface area contributed by atoms with Gasteiger partial charge in [0.25, 0.3) is 0 Å². The number of hydrogen-bond donors (Lipinski definition) is 1. The van der Waals surface area contributed by atoms with E-state index in [-0.39, 0.29) is 5.82 Å². The van der Waals surface area contributed by atoms with Gasteiger partial charge in [-0.15, -0.1) is 0 Å². The number of rotatable bonds is 4. The maximum Gasteiger partial charge on any atom is 0.123 e. The summed E-state index contributed by atoms with van der Waals surface area (Å²) in [7, 11) is 2.15. The molecule has 2 rings (SSSR count). The monoisotopic (exact) mass is 266 g/mol. The molecule has 1 aliphatic heterocycles. The van der Waals surface area contributed by atoms with Crippen molar-refractivity contribution in [1.29, 1.82) is 0 Å². The van der Waals surface area contributed by atoms with Crippen LogP contribution in [0, 0.1) is 5.82 Å². The Kier molecular flexibility index (Phi) is 5.31. The van der Waals surface area contributed by atoms with Crippen molar-refractivity contribution < 1.29 is 9.50 Å². The van der Waals surface area contributed by atoms with Gasteiger partial charge in [0.1, 0.15) is 5.82 Å². The minimum atomic E-state index is -0.499. The molecule has 4 heteroatoms. The minimum absolute atomic E-state index is 0.258. The predicted octanol–water partition coefficient (Wildman–Crippen LogP) is 1.89. The Balaban J connectivity index is 1.79. The van der Waals surface area contributed by atoms with Gasteiger partial charge in [-0.25, -0.2) is 4.39 Å². The maximum atomic E-state index is 12.8. The van der Waals surface area contributed by atoms with E-state index in [2.05, 4.69) is 16.8 Å². The van der Waals surface area contributed by atoms with Crippen LogP contribution in [0.5, 0.6) is 0 Å². The minimum Gasteiger partial charge on any atom is -0.388 e. The quantitative estimate of drug-likeness (QED) is 0.901. The van der Waals surface area contributed by atoms with Crippen LogP contribution in [0.2, 0.25) is 0 Å². The fraction of sp³-hybridized carbons (Fsp3) is 0.600. The molecule has 0 spiro atoms.